The molecule has 4 heteroatoms. The molecule has 0 radical (unpaired) electrons. The van der Waals surface area contributed by atoms with E-state index < -0.39 is 12.1 Å². The Balaban J connectivity index is 3.35. The molecule has 0 aliphatic rings. The van der Waals surface area contributed by atoms with Crippen LogP contribution >= 0.6 is 15.9 Å². The molecule has 2 N–H and O–H groups in total. The van der Waals surface area contributed by atoms with E-state index in [1.165, 1.54) is 0 Å². The van der Waals surface area contributed by atoms with Gasteiger partial charge in [0.1, 0.15) is 0 Å². The van der Waals surface area contributed by atoms with E-state index in [2.05, 4.69) is 15.9 Å². The van der Waals surface area contributed by atoms with Crippen LogP contribution in [0.15, 0.2) is 0 Å². The van der Waals surface area contributed by atoms with Gasteiger partial charge in [-0.25, -0.2) is 0 Å². The first-order chi connectivity index (χ1) is 3.18. The fourth-order valence-corrected chi connectivity index (χ4v) is 0.359. The Kier molecular flexibility index (Phi) is 3.15. The fraction of sp³-hybridized carbons (Fsp3) is 0.667. The first-order valence-electron chi connectivity index (χ1n) is 1.63. The lowest BCUT2D eigenvalue weighted by molar-refractivity contribution is -0.141. The van der Waals surface area contributed by atoms with Crippen LogP contribution in [-0.4, -0.2) is 27.6 Å². The largest absolute Gasteiger partial charge is 0.362 e. The molecular weight excluding hydrogens is 164 g/mol. The summed E-state index contributed by atoms with van der Waals surface area (Å²) >= 11 is 2.75. The van der Waals surface area contributed by atoms with Gasteiger partial charge in [0.15, 0.2) is 5.78 Å². The molecule has 0 amide bonds. The van der Waals surface area contributed by atoms with Gasteiger partial charge in [0, 0.05) is 0 Å². The summed E-state index contributed by atoms with van der Waals surface area (Å²) in [5.74, 6) is -0.625. The van der Waals surface area contributed by atoms with Crippen LogP contribution in [0.1, 0.15) is 0 Å². The van der Waals surface area contributed by atoms with Gasteiger partial charge >= 0.3 is 0 Å². The van der Waals surface area contributed by atoms with Crippen molar-refractivity contribution in [3.8, 4) is 0 Å². The van der Waals surface area contributed by atoms with Crippen molar-refractivity contribution in [3.63, 3.8) is 0 Å². The van der Waals surface area contributed by atoms with Gasteiger partial charge in [-0.05, 0) is 0 Å². The van der Waals surface area contributed by atoms with Crippen LogP contribution in [-0.2, 0) is 4.79 Å². The van der Waals surface area contributed by atoms with Gasteiger partial charge < -0.3 is 10.2 Å². The number of alkyl halides is 1. The Morgan fingerprint density at radius 1 is 1.71 bits per heavy atom. The molecule has 0 unspecified atom stereocenters. The second-order valence-corrected chi connectivity index (χ2v) is 1.53. The topological polar surface area (TPSA) is 57.5 Å². The van der Waals surface area contributed by atoms with Gasteiger partial charge in [0.05, 0.1) is 5.33 Å². The van der Waals surface area contributed by atoms with Gasteiger partial charge in [0.25, 0.3) is 0 Å². The van der Waals surface area contributed by atoms with Crippen LogP contribution in [0, 0.1) is 0 Å². The molecule has 7 heavy (non-hydrogen) atoms. The Morgan fingerprint density at radius 2 is 2.14 bits per heavy atom. The van der Waals surface area contributed by atoms with Crippen LogP contribution in [0.4, 0.5) is 0 Å². The summed E-state index contributed by atoms with van der Waals surface area (Å²) in [7, 11) is 0. The maximum absolute atomic E-state index is 9.96. The van der Waals surface area contributed by atoms with E-state index >= 15 is 0 Å². The van der Waals surface area contributed by atoms with Crippen molar-refractivity contribution in [2.75, 3.05) is 5.33 Å². The molecule has 0 spiro atoms. The molecule has 0 aromatic carbocycles. The van der Waals surface area contributed by atoms with Crippen molar-refractivity contribution in [1.82, 2.24) is 0 Å². The number of halogens is 1. The third-order valence-corrected chi connectivity index (χ3v) is 0.972. The standard InChI is InChI=1S/C3H5BrO3/c4-1-2(5)3(6)7/h3,6-7H,1H2. The molecular formula is C3H5BrO3. The Bertz CT molecular complexity index is 70.6. The molecule has 0 aliphatic heterocycles. The summed E-state index contributed by atoms with van der Waals surface area (Å²) < 4.78 is 0. The monoisotopic (exact) mass is 168 g/mol. The highest BCUT2D eigenvalue weighted by Crippen LogP contribution is 1.84. The summed E-state index contributed by atoms with van der Waals surface area (Å²) in [4.78, 5) is 9.96. The molecule has 0 atom stereocenters. The van der Waals surface area contributed by atoms with Crippen molar-refractivity contribution < 1.29 is 15.0 Å². The first-order valence-corrected chi connectivity index (χ1v) is 2.75. The van der Waals surface area contributed by atoms with Gasteiger partial charge in [-0.2, -0.15) is 0 Å². The highest BCUT2D eigenvalue weighted by atomic mass is 79.9. The van der Waals surface area contributed by atoms with Gasteiger partial charge in [-0.3, -0.25) is 4.79 Å². The molecule has 0 saturated carbocycles. The molecule has 42 valence electrons. The number of carbonyl (C=O) groups excluding carboxylic acids is 1. The van der Waals surface area contributed by atoms with Gasteiger partial charge in [-0.15, -0.1) is 0 Å². The number of hydrogen-bond donors (Lipinski definition) is 2. The SMILES string of the molecule is O=C(CBr)C(O)O. The number of hydrogen-bond acceptors (Lipinski definition) is 3. The third-order valence-electron chi connectivity index (χ3n) is 0.420. The highest BCUT2D eigenvalue weighted by molar-refractivity contribution is 9.09. The van der Waals surface area contributed by atoms with Crippen LogP contribution in [0.5, 0.6) is 0 Å². The van der Waals surface area contributed by atoms with E-state index in [0.717, 1.165) is 0 Å². The number of Topliss-reactive ketones (excluding diaryl/α,β-unsaturated/α-hetero) is 1. The molecule has 3 nitrogen and oxygen atoms in total. The minimum Gasteiger partial charge on any atom is -0.362 e. The second kappa shape index (κ2) is 3.12. The molecule has 0 bridgehead atoms. The summed E-state index contributed by atoms with van der Waals surface area (Å²) in [6, 6.07) is 0. The predicted molar refractivity (Wildman–Crippen MR) is 27.0 cm³/mol. The lowest BCUT2D eigenvalue weighted by atomic mass is 10.4. The predicted octanol–water partition coefficient (Wildman–Crippen LogP) is -0.739. The van der Waals surface area contributed by atoms with Crippen molar-refractivity contribution in [2.24, 2.45) is 0 Å². The second-order valence-electron chi connectivity index (χ2n) is 0.974. The fourth-order valence-electron chi connectivity index (χ4n) is 0.0690. The number of aliphatic hydroxyl groups is 2. The normalized spacial score (nSPS) is 9.71. The summed E-state index contributed by atoms with van der Waals surface area (Å²) in [5.41, 5.74) is 0. The zero-order valence-electron chi connectivity index (χ0n) is 3.47. The average Bonchev–Trinajstić information content (AvgIpc) is 1.65. The Labute approximate surface area is 49.1 Å². The first kappa shape index (κ1) is 7.07. The Morgan fingerprint density at radius 3 is 2.14 bits per heavy atom. The van der Waals surface area contributed by atoms with Crippen LogP contribution in [0.2, 0.25) is 0 Å². The van der Waals surface area contributed by atoms with E-state index in [1.807, 2.05) is 0 Å². The maximum atomic E-state index is 9.96. The zero-order chi connectivity index (χ0) is 5.86. The van der Waals surface area contributed by atoms with Crippen LogP contribution < -0.4 is 0 Å². The molecule has 0 aromatic heterocycles. The average molecular weight is 169 g/mol. The molecule has 0 heterocycles. The van der Waals surface area contributed by atoms with E-state index in [0.29, 0.717) is 0 Å². The molecule has 0 saturated heterocycles. The summed E-state index contributed by atoms with van der Waals surface area (Å²) in [6.45, 7) is 0. The van der Waals surface area contributed by atoms with E-state index in [1.54, 1.807) is 0 Å². The lowest BCUT2D eigenvalue weighted by Crippen LogP contribution is -2.19. The summed E-state index contributed by atoms with van der Waals surface area (Å²) in [6.07, 6.45) is -1.82. The number of aliphatic hydroxyl groups excluding tert-OH is 1. The molecule has 0 fully saturated rings. The van der Waals surface area contributed by atoms with Crippen molar-refractivity contribution >= 4 is 21.7 Å². The number of ketones is 1. The minimum absolute atomic E-state index is 0.00926. The smallest absolute Gasteiger partial charge is 0.213 e. The molecule has 0 aromatic rings. The van der Waals surface area contributed by atoms with Gasteiger partial charge in [-0.1, -0.05) is 15.9 Å². The summed E-state index contributed by atoms with van der Waals surface area (Å²) in [5, 5.41) is 16.0. The van der Waals surface area contributed by atoms with Crippen molar-refractivity contribution in [2.45, 2.75) is 6.29 Å². The number of carbonyl (C=O) groups is 1. The van der Waals surface area contributed by atoms with E-state index in [9.17, 15) is 4.79 Å². The lowest BCUT2D eigenvalue weighted by Gasteiger charge is -1.93. The third kappa shape index (κ3) is 2.73. The quantitative estimate of drug-likeness (QED) is 0.422. The van der Waals surface area contributed by atoms with E-state index in [4.69, 9.17) is 10.2 Å². The zero-order valence-corrected chi connectivity index (χ0v) is 5.05. The molecule has 0 aliphatic carbocycles. The van der Waals surface area contributed by atoms with Crippen molar-refractivity contribution in [3.05, 3.63) is 0 Å². The molecule has 0 rings (SSSR count). The van der Waals surface area contributed by atoms with Gasteiger partial charge in [0.2, 0.25) is 6.29 Å². The van der Waals surface area contributed by atoms with E-state index in [-0.39, 0.29) is 5.33 Å². The highest BCUT2D eigenvalue weighted by Gasteiger charge is 2.06. The minimum atomic E-state index is -1.82. The van der Waals surface area contributed by atoms with Crippen LogP contribution in [0.25, 0.3) is 0 Å². The maximum Gasteiger partial charge on any atom is 0.213 e. The van der Waals surface area contributed by atoms with Crippen molar-refractivity contribution in [1.29, 1.82) is 0 Å². The van der Waals surface area contributed by atoms with Crippen LogP contribution in [0.3, 0.4) is 0 Å². The Hall–Kier alpha value is 0.0700. The number of rotatable bonds is 2.